The Hall–Kier alpha value is -1.19. The molecule has 2 rings (SSSR count). The molecule has 1 aromatic rings. The molecule has 3 heteroatoms. The van der Waals surface area contributed by atoms with Gasteiger partial charge in [0.2, 0.25) is 0 Å². The van der Waals surface area contributed by atoms with Gasteiger partial charge in [-0.05, 0) is 18.5 Å². The summed E-state index contributed by atoms with van der Waals surface area (Å²) < 4.78 is 0. The third kappa shape index (κ3) is 2.43. The first-order valence-corrected chi connectivity index (χ1v) is 5.37. The fraction of sp³-hybridized carbons (Fsp3) is 0.417. The largest absolute Gasteiger partial charge is 0.309 e. The summed E-state index contributed by atoms with van der Waals surface area (Å²) in [4.78, 5) is 10.3. The first-order chi connectivity index (χ1) is 7.42. The van der Waals surface area contributed by atoms with E-state index in [-0.39, 0.29) is 0 Å². The molecule has 1 heterocycles. The van der Waals surface area contributed by atoms with Gasteiger partial charge in [0.15, 0.2) is 0 Å². The highest BCUT2D eigenvalue weighted by molar-refractivity contribution is 5.52. The van der Waals surface area contributed by atoms with Crippen LogP contribution in [-0.2, 0) is 4.79 Å². The van der Waals surface area contributed by atoms with Gasteiger partial charge in [0.05, 0.1) is 6.54 Å². The summed E-state index contributed by atoms with van der Waals surface area (Å²) >= 11 is 0. The zero-order valence-electron chi connectivity index (χ0n) is 8.65. The van der Waals surface area contributed by atoms with E-state index in [4.69, 9.17) is 0 Å². The molecule has 0 aliphatic carbocycles. The monoisotopic (exact) mass is 204 g/mol. The lowest BCUT2D eigenvalue weighted by molar-refractivity contribution is -0.107. The summed E-state index contributed by atoms with van der Waals surface area (Å²) in [6, 6.07) is 11.1. The average molecular weight is 204 g/mol. The Labute approximate surface area is 89.9 Å². The normalized spacial score (nSPS) is 25.3. The van der Waals surface area contributed by atoms with E-state index in [1.165, 1.54) is 5.56 Å². The van der Waals surface area contributed by atoms with Gasteiger partial charge in [-0.3, -0.25) is 0 Å². The van der Waals surface area contributed by atoms with E-state index in [0.29, 0.717) is 18.6 Å². The van der Waals surface area contributed by atoms with E-state index in [9.17, 15) is 4.79 Å². The van der Waals surface area contributed by atoms with E-state index in [0.717, 1.165) is 19.3 Å². The van der Waals surface area contributed by atoms with Crippen LogP contribution in [0.4, 0.5) is 0 Å². The number of aldehydes is 1. The van der Waals surface area contributed by atoms with Crippen LogP contribution in [0, 0.1) is 0 Å². The Kier molecular flexibility index (Phi) is 3.48. The van der Waals surface area contributed by atoms with Crippen molar-refractivity contribution < 1.29 is 4.79 Å². The summed E-state index contributed by atoms with van der Waals surface area (Å²) in [6.45, 7) is 1.45. The van der Waals surface area contributed by atoms with E-state index in [2.05, 4.69) is 22.8 Å². The van der Waals surface area contributed by atoms with Gasteiger partial charge in [0.1, 0.15) is 6.29 Å². The summed E-state index contributed by atoms with van der Waals surface area (Å²) in [5.74, 6) is 0. The van der Waals surface area contributed by atoms with Crippen molar-refractivity contribution in [3.8, 4) is 0 Å². The number of benzene rings is 1. The molecule has 1 saturated heterocycles. The third-order valence-electron chi connectivity index (χ3n) is 2.84. The third-order valence-corrected chi connectivity index (χ3v) is 2.84. The second kappa shape index (κ2) is 5.05. The lowest BCUT2D eigenvalue weighted by Gasteiger charge is -2.20. The predicted molar refractivity (Wildman–Crippen MR) is 59.7 cm³/mol. The Morgan fingerprint density at radius 2 is 2.20 bits per heavy atom. The number of carbonyl (C=O) groups is 1. The Balaban J connectivity index is 2.04. The Morgan fingerprint density at radius 3 is 2.93 bits per heavy atom. The number of nitrogens with one attached hydrogen (secondary N) is 2. The Bertz CT molecular complexity index is 313. The average Bonchev–Trinajstić information content (AvgIpc) is 2.75. The van der Waals surface area contributed by atoms with Gasteiger partial charge in [-0.2, -0.15) is 0 Å². The van der Waals surface area contributed by atoms with Crippen molar-refractivity contribution in [1.82, 2.24) is 10.6 Å². The van der Waals surface area contributed by atoms with Crippen LogP contribution < -0.4 is 10.6 Å². The van der Waals surface area contributed by atoms with Crippen molar-refractivity contribution in [3.63, 3.8) is 0 Å². The van der Waals surface area contributed by atoms with Crippen LogP contribution in [0.5, 0.6) is 0 Å². The summed E-state index contributed by atoms with van der Waals surface area (Å²) in [6.07, 6.45) is 1.99. The van der Waals surface area contributed by atoms with Crippen LogP contribution in [0.3, 0.4) is 0 Å². The van der Waals surface area contributed by atoms with Gasteiger partial charge in [-0.1, -0.05) is 30.3 Å². The highest BCUT2D eigenvalue weighted by Crippen LogP contribution is 2.23. The van der Waals surface area contributed by atoms with Crippen LogP contribution in [-0.4, -0.2) is 25.4 Å². The molecular weight excluding hydrogens is 188 g/mol. The van der Waals surface area contributed by atoms with Crippen LogP contribution in [0.2, 0.25) is 0 Å². The van der Waals surface area contributed by atoms with Crippen LogP contribution in [0.25, 0.3) is 0 Å². The molecule has 0 aromatic heterocycles. The highest BCUT2D eigenvalue weighted by atomic mass is 16.1. The molecule has 0 saturated carbocycles. The molecule has 1 aliphatic heterocycles. The van der Waals surface area contributed by atoms with E-state index in [1.54, 1.807) is 0 Å². The maximum atomic E-state index is 10.3. The lowest BCUT2D eigenvalue weighted by atomic mass is 10.0. The number of hydrogen-bond acceptors (Lipinski definition) is 3. The molecule has 2 unspecified atom stereocenters. The molecule has 0 spiro atoms. The van der Waals surface area contributed by atoms with E-state index < -0.39 is 0 Å². The standard InChI is InChI=1S/C12H16N2O/c15-9-8-13-11-6-7-14-12(11)10-4-2-1-3-5-10/h1-5,9,11-14H,6-8H2. The van der Waals surface area contributed by atoms with Gasteiger partial charge in [-0.25, -0.2) is 0 Å². The van der Waals surface area contributed by atoms with Crippen molar-refractivity contribution in [2.24, 2.45) is 0 Å². The minimum atomic E-state index is 0.339. The van der Waals surface area contributed by atoms with Crippen molar-refractivity contribution in [3.05, 3.63) is 35.9 Å². The summed E-state index contributed by atoms with van der Waals surface area (Å²) in [5, 5.41) is 6.70. The zero-order valence-corrected chi connectivity index (χ0v) is 8.65. The minimum Gasteiger partial charge on any atom is -0.309 e. The van der Waals surface area contributed by atoms with Gasteiger partial charge >= 0.3 is 0 Å². The number of hydrogen-bond donors (Lipinski definition) is 2. The number of carbonyl (C=O) groups excluding carboxylic acids is 1. The molecule has 3 nitrogen and oxygen atoms in total. The van der Waals surface area contributed by atoms with Crippen molar-refractivity contribution in [2.75, 3.05) is 13.1 Å². The minimum absolute atomic E-state index is 0.339. The van der Waals surface area contributed by atoms with Crippen molar-refractivity contribution in [1.29, 1.82) is 0 Å². The van der Waals surface area contributed by atoms with Crippen molar-refractivity contribution in [2.45, 2.75) is 18.5 Å². The second-order valence-electron chi connectivity index (χ2n) is 3.81. The quantitative estimate of drug-likeness (QED) is 0.715. The zero-order chi connectivity index (χ0) is 10.5. The molecule has 15 heavy (non-hydrogen) atoms. The molecule has 80 valence electrons. The topological polar surface area (TPSA) is 41.1 Å². The van der Waals surface area contributed by atoms with Gasteiger partial charge < -0.3 is 15.4 Å². The van der Waals surface area contributed by atoms with E-state index >= 15 is 0 Å². The van der Waals surface area contributed by atoms with E-state index in [1.807, 2.05) is 18.2 Å². The first-order valence-electron chi connectivity index (χ1n) is 5.37. The van der Waals surface area contributed by atoms with Gasteiger partial charge in [0, 0.05) is 12.1 Å². The molecule has 2 atom stereocenters. The SMILES string of the molecule is O=CCNC1CCNC1c1ccccc1. The molecule has 0 bridgehead atoms. The van der Waals surface area contributed by atoms with Crippen LogP contribution in [0.15, 0.2) is 30.3 Å². The van der Waals surface area contributed by atoms with Gasteiger partial charge in [-0.15, -0.1) is 0 Å². The maximum absolute atomic E-state index is 10.3. The molecule has 1 fully saturated rings. The van der Waals surface area contributed by atoms with Gasteiger partial charge in [0.25, 0.3) is 0 Å². The second-order valence-corrected chi connectivity index (χ2v) is 3.81. The summed E-state index contributed by atoms with van der Waals surface area (Å²) in [5.41, 5.74) is 1.29. The first kappa shape index (κ1) is 10.3. The van der Waals surface area contributed by atoms with Crippen molar-refractivity contribution >= 4 is 6.29 Å². The molecule has 1 aromatic carbocycles. The number of rotatable bonds is 4. The smallest absolute Gasteiger partial charge is 0.133 e. The highest BCUT2D eigenvalue weighted by Gasteiger charge is 2.26. The molecule has 0 amide bonds. The molecule has 1 aliphatic rings. The molecular formula is C12H16N2O. The molecule has 2 N–H and O–H groups in total. The summed E-state index contributed by atoms with van der Waals surface area (Å²) in [7, 11) is 0. The maximum Gasteiger partial charge on any atom is 0.133 e. The molecule has 0 radical (unpaired) electrons. The predicted octanol–water partition coefficient (Wildman–Crippen LogP) is 0.878. The fourth-order valence-electron chi connectivity index (χ4n) is 2.13. The Morgan fingerprint density at radius 1 is 1.40 bits per heavy atom. The van der Waals surface area contributed by atoms with Crippen LogP contribution >= 0.6 is 0 Å². The van der Waals surface area contributed by atoms with Crippen LogP contribution in [0.1, 0.15) is 18.0 Å². The lowest BCUT2D eigenvalue weighted by Crippen LogP contribution is -2.35. The fourth-order valence-corrected chi connectivity index (χ4v) is 2.13.